The monoisotopic (exact) mass is 486 g/mol. The summed E-state index contributed by atoms with van der Waals surface area (Å²) < 4.78 is 8.36. The third-order valence-corrected chi connectivity index (χ3v) is 7.26. The quantitative estimate of drug-likeness (QED) is 0.340. The van der Waals surface area contributed by atoms with E-state index < -0.39 is 0 Å². The van der Waals surface area contributed by atoms with Gasteiger partial charge in [0.1, 0.15) is 12.4 Å². The normalized spacial score (nSPS) is 15.9. The molecule has 0 spiro atoms. The lowest BCUT2D eigenvalue weighted by Crippen LogP contribution is -2.41. The fourth-order valence-electron chi connectivity index (χ4n) is 4.88. The molecule has 10 heteroatoms. The lowest BCUT2D eigenvalue weighted by molar-refractivity contribution is 0.240. The number of tetrazole rings is 1. The number of ether oxygens (including phenoxy) is 1. The maximum Gasteiger partial charge on any atom is 0.319 e. The van der Waals surface area contributed by atoms with Crippen molar-refractivity contribution in [1.82, 2.24) is 30.1 Å². The smallest absolute Gasteiger partial charge is 0.319 e. The molecule has 4 aromatic rings. The van der Waals surface area contributed by atoms with Gasteiger partial charge in [0, 0.05) is 34.8 Å². The first-order valence-electron chi connectivity index (χ1n) is 12.6. The van der Waals surface area contributed by atoms with E-state index in [2.05, 4.69) is 36.7 Å². The maximum atomic E-state index is 12.2. The van der Waals surface area contributed by atoms with Crippen LogP contribution in [0, 0.1) is 0 Å². The third-order valence-electron chi connectivity index (χ3n) is 7.26. The Kier molecular flexibility index (Phi) is 5.92. The molecule has 2 aromatic heterocycles. The highest BCUT2D eigenvalue weighted by atomic mass is 16.5. The Morgan fingerprint density at radius 3 is 2.56 bits per heavy atom. The molecule has 2 heterocycles. The average molecular weight is 487 g/mol. The van der Waals surface area contributed by atoms with Crippen molar-refractivity contribution in [2.75, 3.05) is 17.7 Å². The van der Waals surface area contributed by atoms with Crippen molar-refractivity contribution in [3.8, 4) is 17.0 Å². The zero-order valence-electron chi connectivity index (χ0n) is 20.1. The number of carbonyl (C=O) groups is 1. The molecule has 6 rings (SSSR count). The first kappa shape index (κ1) is 22.4. The highest BCUT2D eigenvalue weighted by molar-refractivity contribution is 6.02. The molecule has 4 N–H and O–H groups in total. The Morgan fingerprint density at radius 1 is 1.08 bits per heavy atom. The first-order valence-corrected chi connectivity index (χ1v) is 12.6. The van der Waals surface area contributed by atoms with Gasteiger partial charge in [-0.1, -0.05) is 12.1 Å². The second-order valence-electron chi connectivity index (χ2n) is 9.58. The van der Waals surface area contributed by atoms with Crippen molar-refractivity contribution < 1.29 is 9.53 Å². The number of nitrogens with one attached hydrogen (secondary N) is 2. The summed E-state index contributed by atoms with van der Waals surface area (Å²) in [5.41, 5.74) is 11.4. The fraction of sp³-hybridized carbons (Fsp3) is 0.385. The number of urea groups is 1. The summed E-state index contributed by atoms with van der Waals surface area (Å²) >= 11 is 0. The van der Waals surface area contributed by atoms with Crippen LogP contribution in [0.3, 0.4) is 0 Å². The number of rotatable bonds is 8. The van der Waals surface area contributed by atoms with Crippen molar-refractivity contribution in [1.29, 1.82) is 0 Å². The van der Waals surface area contributed by atoms with Gasteiger partial charge in [-0.25, -0.2) is 4.79 Å². The van der Waals surface area contributed by atoms with Crippen molar-refractivity contribution in [2.24, 2.45) is 0 Å². The minimum Gasteiger partial charge on any atom is -0.492 e. The summed E-state index contributed by atoms with van der Waals surface area (Å²) in [6.07, 6.45) is 8.18. The standard InChI is InChI=1S/C26H30N8O2/c27-24-22-12-11-21(36-14-13-33-29-16-28-32-33)15-23(22)34(20-5-2-6-20)25(24)17-7-9-19(10-8-17)31-26(35)30-18-3-1-4-18/h7-12,15-16,18,20H,1-6,13-14,27H2,(H2,30,31,35). The van der Waals surface area contributed by atoms with E-state index in [-0.39, 0.29) is 6.03 Å². The first-order chi connectivity index (χ1) is 17.7. The highest BCUT2D eigenvalue weighted by Crippen LogP contribution is 2.44. The highest BCUT2D eigenvalue weighted by Gasteiger charge is 2.27. The zero-order chi connectivity index (χ0) is 24.5. The van der Waals surface area contributed by atoms with Crippen LogP contribution in [0.1, 0.15) is 44.6 Å². The summed E-state index contributed by atoms with van der Waals surface area (Å²) in [6.45, 7) is 0.964. The lowest BCUT2D eigenvalue weighted by atomic mass is 9.92. The van der Waals surface area contributed by atoms with Gasteiger partial charge in [-0.15, -0.1) is 10.2 Å². The molecule has 2 amide bonds. The lowest BCUT2D eigenvalue weighted by Gasteiger charge is -2.30. The number of carbonyl (C=O) groups excluding carboxylic acids is 1. The van der Waals surface area contributed by atoms with Crippen LogP contribution in [0.4, 0.5) is 16.2 Å². The Bertz CT molecular complexity index is 1360. The summed E-state index contributed by atoms with van der Waals surface area (Å²) in [5.74, 6) is 0.782. The molecule has 0 saturated heterocycles. The van der Waals surface area contributed by atoms with Crippen LogP contribution in [0.15, 0.2) is 48.8 Å². The molecule has 2 saturated carbocycles. The summed E-state index contributed by atoms with van der Waals surface area (Å²) in [7, 11) is 0. The largest absolute Gasteiger partial charge is 0.492 e. The number of hydrogen-bond donors (Lipinski definition) is 3. The molecule has 186 valence electrons. The second kappa shape index (κ2) is 9.52. The van der Waals surface area contributed by atoms with Gasteiger partial charge < -0.3 is 25.7 Å². The number of benzene rings is 2. The van der Waals surface area contributed by atoms with Gasteiger partial charge in [0.05, 0.1) is 23.4 Å². The molecule has 2 aliphatic carbocycles. The van der Waals surface area contributed by atoms with E-state index >= 15 is 0 Å². The van der Waals surface area contributed by atoms with Crippen LogP contribution < -0.4 is 21.1 Å². The minimum absolute atomic E-state index is 0.150. The Hall–Kier alpha value is -4.08. The van der Waals surface area contributed by atoms with Crippen LogP contribution in [0.25, 0.3) is 22.2 Å². The minimum atomic E-state index is -0.150. The molecule has 0 bridgehead atoms. The molecule has 0 unspecified atom stereocenters. The molecular formula is C26H30N8O2. The number of fused-ring (bicyclic) bond motifs is 1. The van der Waals surface area contributed by atoms with Gasteiger partial charge in [0.2, 0.25) is 0 Å². The number of nitrogen functional groups attached to an aromatic ring is 1. The Labute approximate surface area is 208 Å². The van der Waals surface area contributed by atoms with Gasteiger partial charge in [-0.3, -0.25) is 0 Å². The van der Waals surface area contributed by atoms with Crippen LogP contribution >= 0.6 is 0 Å². The van der Waals surface area contributed by atoms with Crippen LogP contribution in [0.2, 0.25) is 0 Å². The van der Waals surface area contributed by atoms with E-state index in [1.165, 1.54) is 24.0 Å². The van der Waals surface area contributed by atoms with Crippen LogP contribution in [-0.4, -0.2) is 43.5 Å². The average Bonchev–Trinajstić information content (AvgIpc) is 3.43. The van der Waals surface area contributed by atoms with Gasteiger partial charge in [0.15, 0.2) is 6.33 Å². The van der Waals surface area contributed by atoms with Gasteiger partial charge >= 0.3 is 6.03 Å². The Morgan fingerprint density at radius 2 is 1.89 bits per heavy atom. The van der Waals surface area contributed by atoms with Crippen molar-refractivity contribution in [2.45, 2.75) is 57.2 Å². The van der Waals surface area contributed by atoms with E-state index in [1.54, 1.807) is 0 Å². The summed E-state index contributed by atoms with van der Waals surface area (Å²) in [6, 6.07) is 14.5. The van der Waals surface area contributed by atoms with E-state index in [0.717, 1.165) is 65.0 Å². The Balaban J connectivity index is 1.26. The van der Waals surface area contributed by atoms with Gasteiger partial charge in [0.25, 0.3) is 0 Å². The number of amides is 2. The second-order valence-corrected chi connectivity index (χ2v) is 9.58. The predicted molar refractivity (Wildman–Crippen MR) is 138 cm³/mol. The number of nitrogens with zero attached hydrogens (tertiary/aromatic N) is 5. The van der Waals surface area contributed by atoms with Crippen LogP contribution in [0.5, 0.6) is 5.75 Å². The van der Waals surface area contributed by atoms with Crippen molar-refractivity contribution in [3.63, 3.8) is 0 Å². The molecule has 0 radical (unpaired) electrons. The number of anilines is 2. The van der Waals surface area contributed by atoms with E-state index in [1.807, 2.05) is 36.4 Å². The molecule has 2 aliphatic rings. The number of hydrogen-bond acceptors (Lipinski definition) is 6. The molecule has 2 aromatic carbocycles. The van der Waals surface area contributed by atoms with Crippen LogP contribution in [-0.2, 0) is 6.54 Å². The van der Waals surface area contributed by atoms with Crippen molar-refractivity contribution >= 4 is 28.3 Å². The SMILES string of the molecule is Nc1c(-c2ccc(NC(=O)NC3CCC3)cc2)n(C2CCC2)c2cc(OCCn3ncnn3)ccc12. The predicted octanol–water partition coefficient (Wildman–Crippen LogP) is 4.36. The maximum absolute atomic E-state index is 12.2. The topological polar surface area (TPSA) is 125 Å². The van der Waals surface area contributed by atoms with Crippen molar-refractivity contribution in [3.05, 3.63) is 48.8 Å². The molecule has 36 heavy (non-hydrogen) atoms. The van der Waals surface area contributed by atoms with Gasteiger partial charge in [-0.2, -0.15) is 4.80 Å². The molecule has 2 fully saturated rings. The molecule has 10 nitrogen and oxygen atoms in total. The number of nitrogens with two attached hydrogens (primary N) is 1. The summed E-state index contributed by atoms with van der Waals surface area (Å²) in [4.78, 5) is 13.7. The number of aromatic nitrogens is 5. The molecule has 0 atom stereocenters. The zero-order valence-corrected chi connectivity index (χ0v) is 20.1. The summed E-state index contributed by atoms with van der Waals surface area (Å²) in [5, 5.41) is 18.6. The third kappa shape index (κ3) is 4.34. The van der Waals surface area contributed by atoms with Gasteiger partial charge in [-0.05, 0) is 68.0 Å². The van der Waals surface area contributed by atoms with E-state index in [0.29, 0.717) is 25.2 Å². The molecular weight excluding hydrogens is 456 g/mol. The van der Waals surface area contributed by atoms with E-state index in [4.69, 9.17) is 10.5 Å². The van der Waals surface area contributed by atoms with E-state index in [9.17, 15) is 4.79 Å². The fourth-order valence-corrected chi connectivity index (χ4v) is 4.88. The molecule has 0 aliphatic heterocycles.